The van der Waals surface area contributed by atoms with Crippen molar-refractivity contribution in [2.24, 2.45) is 5.92 Å². The van der Waals surface area contributed by atoms with Gasteiger partial charge in [0.15, 0.2) is 6.29 Å². The number of thiophene rings is 2. The van der Waals surface area contributed by atoms with Crippen molar-refractivity contribution >= 4 is 34.9 Å². The molecule has 2 aliphatic heterocycles. The van der Waals surface area contributed by atoms with Crippen molar-refractivity contribution in [2.75, 3.05) is 6.54 Å². The van der Waals surface area contributed by atoms with E-state index in [1.807, 2.05) is 17.4 Å². The van der Waals surface area contributed by atoms with Crippen LogP contribution >= 0.6 is 22.7 Å². The van der Waals surface area contributed by atoms with Gasteiger partial charge in [-0.3, -0.25) is 14.5 Å². The van der Waals surface area contributed by atoms with Crippen molar-refractivity contribution < 1.29 is 9.59 Å². The summed E-state index contributed by atoms with van der Waals surface area (Å²) in [6.07, 6.45) is 20.2. The molecule has 3 aliphatic carbocycles. The molecule has 2 saturated heterocycles. The average molecular weight is 676 g/mol. The summed E-state index contributed by atoms with van der Waals surface area (Å²) in [6.45, 7) is 7.65. The Morgan fingerprint density at radius 2 is 1.57 bits per heavy atom. The van der Waals surface area contributed by atoms with E-state index in [4.69, 9.17) is 0 Å². The molecule has 47 heavy (non-hydrogen) atoms. The molecule has 5 aliphatic rings. The van der Waals surface area contributed by atoms with Crippen LogP contribution in [0.25, 0.3) is 0 Å². The minimum Gasteiger partial charge on any atom is -0.348 e. The molecule has 0 aromatic carbocycles. The van der Waals surface area contributed by atoms with Crippen molar-refractivity contribution in [2.45, 2.75) is 154 Å². The number of fused-ring (bicyclic) bond motifs is 4. The summed E-state index contributed by atoms with van der Waals surface area (Å²) in [5.74, 6) is 3.14. The number of carbonyl (C=O) groups excluding carboxylic acids is 2. The number of nitrogens with zero attached hydrogens (tertiary/aromatic N) is 4. The molecule has 1 saturated carbocycles. The van der Waals surface area contributed by atoms with Gasteiger partial charge in [0.1, 0.15) is 11.6 Å². The summed E-state index contributed by atoms with van der Waals surface area (Å²) in [5.41, 5.74) is 2.95. The first-order valence-electron chi connectivity index (χ1n) is 18.5. The molecule has 3 aromatic heterocycles. The van der Waals surface area contributed by atoms with E-state index >= 15 is 0 Å². The quantitative estimate of drug-likeness (QED) is 0.231. The Morgan fingerprint density at radius 1 is 0.894 bits per heavy atom. The highest BCUT2D eigenvalue weighted by atomic mass is 32.1. The molecular weight excluding hydrogens is 623 g/mol. The molecule has 7 nitrogen and oxygen atoms in total. The first-order chi connectivity index (χ1) is 22.9. The number of aromatic nitrogens is 3. The van der Waals surface area contributed by atoms with Crippen LogP contribution < -0.4 is 5.32 Å². The summed E-state index contributed by atoms with van der Waals surface area (Å²) in [4.78, 5) is 31.7. The normalized spacial score (nSPS) is 24.6. The number of aryl methyl sites for hydroxylation is 5. The molecule has 1 N–H and O–H groups in total. The van der Waals surface area contributed by atoms with Gasteiger partial charge in [-0.15, -0.1) is 32.9 Å². The van der Waals surface area contributed by atoms with E-state index in [0.717, 1.165) is 48.6 Å². The summed E-state index contributed by atoms with van der Waals surface area (Å²) in [7, 11) is 0. The van der Waals surface area contributed by atoms with Gasteiger partial charge in [-0.25, -0.2) is 0 Å². The fourth-order valence-electron chi connectivity index (χ4n) is 9.20. The van der Waals surface area contributed by atoms with Crippen LogP contribution in [0, 0.1) is 12.8 Å². The molecule has 2 unspecified atom stereocenters. The molecule has 5 heterocycles. The Hall–Kier alpha value is -2.36. The smallest absolute Gasteiger partial charge is 0.223 e. The lowest BCUT2D eigenvalue weighted by Crippen LogP contribution is -2.45. The predicted molar refractivity (Wildman–Crippen MR) is 191 cm³/mol. The number of nitrogens with one attached hydrogen (secondary N) is 1. The molecule has 2 bridgehead atoms. The first kappa shape index (κ1) is 33.2. The first-order valence-corrected chi connectivity index (χ1v) is 20.2. The van der Waals surface area contributed by atoms with Crippen molar-refractivity contribution in [3.63, 3.8) is 0 Å². The Bertz CT molecular complexity index is 1490. The van der Waals surface area contributed by atoms with Gasteiger partial charge >= 0.3 is 0 Å². The fourth-order valence-corrected chi connectivity index (χ4v) is 11.6. The van der Waals surface area contributed by atoms with Gasteiger partial charge in [-0.05, 0) is 114 Å². The van der Waals surface area contributed by atoms with Gasteiger partial charge in [0.25, 0.3) is 0 Å². The van der Waals surface area contributed by atoms with Crippen molar-refractivity contribution in [3.05, 3.63) is 54.4 Å². The van der Waals surface area contributed by atoms with E-state index in [9.17, 15) is 9.59 Å². The molecule has 3 fully saturated rings. The van der Waals surface area contributed by atoms with Crippen LogP contribution in [0.3, 0.4) is 0 Å². The van der Waals surface area contributed by atoms with Crippen LogP contribution in [0.2, 0.25) is 0 Å². The Balaban J connectivity index is 0.000000298. The predicted octanol–water partition coefficient (Wildman–Crippen LogP) is 8.31. The zero-order valence-electron chi connectivity index (χ0n) is 28.6. The zero-order chi connectivity index (χ0) is 32.5. The highest BCUT2D eigenvalue weighted by Crippen LogP contribution is 2.43. The van der Waals surface area contributed by atoms with E-state index in [2.05, 4.69) is 51.8 Å². The number of piperidine rings is 1. The molecule has 9 heteroatoms. The lowest BCUT2D eigenvalue weighted by Gasteiger charge is -2.40. The number of hydrogen-bond donors (Lipinski definition) is 1. The number of rotatable bonds is 9. The average Bonchev–Trinajstić information content (AvgIpc) is 3.91. The Morgan fingerprint density at radius 3 is 2.21 bits per heavy atom. The molecule has 254 valence electrons. The largest absolute Gasteiger partial charge is 0.348 e. The van der Waals surface area contributed by atoms with Crippen LogP contribution in [0.1, 0.15) is 156 Å². The summed E-state index contributed by atoms with van der Waals surface area (Å²) in [6, 6.07) is 6.40. The van der Waals surface area contributed by atoms with Crippen molar-refractivity contribution in [1.82, 2.24) is 25.0 Å². The van der Waals surface area contributed by atoms with E-state index in [0.29, 0.717) is 30.0 Å². The SMILES string of the molecule is Cc1nnc(C(C)C)n1C1CC2CCC(C1)N2CC[C@H](NC(=O)C1CCCCC1)c1cc2c(s1)CCC2.O=Cc1cc2c(s1)CCC2. The topological polar surface area (TPSA) is 80.1 Å². The van der Waals surface area contributed by atoms with E-state index in [-0.39, 0.29) is 12.0 Å². The van der Waals surface area contributed by atoms with E-state index in [1.165, 1.54) is 98.8 Å². The van der Waals surface area contributed by atoms with Crippen LogP contribution in [-0.4, -0.2) is 50.5 Å². The van der Waals surface area contributed by atoms with Gasteiger partial charge in [-0.1, -0.05) is 33.1 Å². The maximum absolute atomic E-state index is 13.3. The highest BCUT2D eigenvalue weighted by molar-refractivity contribution is 7.13. The number of amides is 1. The zero-order valence-corrected chi connectivity index (χ0v) is 30.3. The fraction of sp³-hybridized carbons (Fsp3) is 0.684. The van der Waals surface area contributed by atoms with E-state index in [1.54, 1.807) is 21.8 Å². The van der Waals surface area contributed by atoms with Gasteiger partial charge in [-0.2, -0.15) is 0 Å². The maximum atomic E-state index is 13.3. The number of aldehydes is 1. The lowest BCUT2D eigenvalue weighted by atomic mass is 9.88. The highest BCUT2D eigenvalue weighted by Gasteiger charge is 2.42. The molecular formula is C38H53N5O2S2. The lowest BCUT2D eigenvalue weighted by molar-refractivity contribution is -0.126. The van der Waals surface area contributed by atoms with Gasteiger partial charge in [0, 0.05) is 51.1 Å². The van der Waals surface area contributed by atoms with Crippen LogP contribution in [0.4, 0.5) is 0 Å². The molecule has 0 radical (unpaired) electrons. The Kier molecular flexibility index (Phi) is 10.3. The number of carbonyl (C=O) groups is 2. The molecule has 0 spiro atoms. The number of hydrogen-bond acceptors (Lipinski definition) is 7. The molecule has 1 amide bonds. The second-order valence-electron chi connectivity index (χ2n) is 15.1. The standard InChI is InChI=1S/C30H45N5OS.C8H8OS/c1-19(2)29-33-32-20(3)35(29)25-17-23-12-13-24(18-25)34(23)15-14-26(28-16-22-10-7-11-27(22)37-28)31-30(36)21-8-5-4-6-9-21;9-5-7-4-6-2-1-3-8(6)10-7/h16,19,21,23-26H,4-15,17-18H2,1-3H3,(H,31,36);4-5H,1-3H2/t23?,24?,25?,26-;/m0./s1. The van der Waals surface area contributed by atoms with Crippen LogP contribution in [-0.2, 0) is 30.5 Å². The van der Waals surface area contributed by atoms with Crippen molar-refractivity contribution in [3.8, 4) is 0 Å². The summed E-state index contributed by atoms with van der Waals surface area (Å²) < 4.78 is 2.45. The minimum atomic E-state index is 0.162. The summed E-state index contributed by atoms with van der Waals surface area (Å²) in [5, 5.41) is 12.5. The molecule has 3 aromatic rings. The summed E-state index contributed by atoms with van der Waals surface area (Å²) >= 11 is 3.63. The van der Waals surface area contributed by atoms with Crippen molar-refractivity contribution in [1.29, 1.82) is 0 Å². The third-order valence-electron chi connectivity index (χ3n) is 11.6. The minimum absolute atomic E-state index is 0.162. The van der Waals surface area contributed by atoms with Gasteiger partial charge in [0.2, 0.25) is 5.91 Å². The third-order valence-corrected chi connectivity index (χ3v) is 14.1. The monoisotopic (exact) mass is 675 g/mol. The molecule has 3 atom stereocenters. The van der Waals surface area contributed by atoms with Crippen LogP contribution in [0.5, 0.6) is 0 Å². The second kappa shape index (κ2) is 14.6. The van der Waals surface area contributed by atoms with Crippen LogP contribution in [0.15, 0.2) is 12.1 Å². The van der Waals surface area contributed by atoms with E-state index < -0.39 is 0 Å². The van der Waals surface area contributed by atoms with Gasteiger partial charge < -0.3 is 9.88 Å². The molecule has 8 rings (SSSR count). The third kappa shape index (κ3) is 7.18. The van der Waals surface area contributed by atoms with Gasteiger partial charge in [0.05, 0.1) is 10.9 Å². The second-order valence-corrected chi connectivity index (χ2v) is 17.4. The Labute approximate surface area is 288 Å². The maximum Gasteiger partial charge on any atom is 0.223 e.